The van der Waals surface area contributed by atoms with Gasteiger partial charge in [-0.3, -0.25) is 4.90 Å². The minimum absolute atomic E-state index is 0.593. The number of nitrogens with zero attached hydrogens (tertiary/aromatic N) is 5. The van der Waals surface area contributed by atoms with Gasteiger partial charge in [0.2, 0.25) is 5.95 Å². The van der Waals surface area contributed by atoms with Crippen LogP contribution in [0.4, 0.5) is 17.3 Å². The quantitative estimate of drug-likeness (QED) is 0.162. The Kier molecular flexibility index (Phi) is 8.10. The molecule has 286 valence electrons. The van der Waals surface area contributed by atoms with Crippen LogP contribution in [-0.2, 0) is 0 Å². The molecule has 0 amide bonds. The molecule has 0 aliphatic rings. The molecule has 61 heavy (non-hydrogen) atoms. The van der Waals surface area contributed by atoms with E-state index in [2.05, 4.69) is 208 Å². The molecule has 0 fully saturated rings. The van der Waals surface area contributed by atoms with Crippen LogP contribution in [0.3, 0.4) is 0 Å². The van der Waals surface area contributed by atoms with Gasteiger partial charge in [0.25, 0.3) is 0 Å². The van der Waals surface area contributed by atoms with Crippen LogP contribution in [0.15, 0.2) is 225 Å². The molecule has 0 spiro atoms. The van der Waals surface area contributed by atoms with Gasteiger partial charge in [-0.05, 0) is 100 Å². The van der Waals surface area contributed by atoms with Crippen LogP contribution in [0.5, 0.6) is 0 Å². The average molecular weight is 780 g/mol. The normalized spacial score (nSPS) is 11.6. The largest absolute Gasteiger partial charge is 0.309 e. The SMILES string of the molecule is c1ccc(-c2cnc(N(c3ccc4c(c3)c3ccccc3n4-c3cccc(-c4ccccc4)c3)c3ccc4c(c3)c3ccccc3n4-c3ccc4ccccc4c3)nc2)cc1. The highest BCUT2D eigenvalue weighted by Crippen LogP contribution is 2.42. The van der Waals surface area contributed by atoms with Crippen molar-refractivity contribution in [2.75, 3.05) is 4.90 Å². The minimum Gasteiger partial charge on any atom is -0.309 e. The fraction of sp³-hybridized carbons (Fsp3) is 0. The first-order valence-corrected chi connectivity index (χ1v) is 20.6. The Hall–Kier alpha value is -8.28. The van der Waals surface area contributed by atoms with Crippen LogP contribution < -0.4 is 4.90 Å². The molecule has 5 heteroatoms. The summed E-state index contributed by atoms with van der Waals surface area (Å²) in [5.41, 5.74) is 13.2. The van der Waals surface area contributed by atoms with Gasteiger partial charge < -0.3 is 9.13 Å². The van der Waals surface area contributed by atoms with Crippen LogP contribution in [0.25, 0.3) is 88.0 Å². The Bertz CT molecular complexity index is 3590. The Morgan fingerprint density at radius 3 is 1.43 bits per heavy atom. The second-order valence-electron chi connectivity index (χ2n) is 15.5. The predicted molar refractivity (Wildman–Crippen MR) is 254 cm³/mol. The van der Waals surface area contributed by atoms with Crippen molar-refractivity contribution in [2.24, 2.45) is 0 Å². The first-order valence-electron chi connectivity index (χ1n) is 20.6. The molecule has 0 saturated heterocycles. The van der Waals surface area contributed by atoms with Gasteiger partial charge in [-0.1, -0.05) is 140 Å². The Morgan fingerprint density at radius 1 is 0.311 bits per heavy atom. The Morgan fingerprint density at radius 2 is 0.803 bits per heavy atom. The van der Waals surface area contributed by atoms with Crippen LogP contribution in [0.1, 0.15) is 0 Å². The lowest BCUT2D eigenvalue weighted by Gasteiger charge is -2.24. The summed E-state index contributed by atoms with van der Waals surface area (Å²) in [5, 5.41) is 7.11. The van der Waals surface area contributed by atoms with E-state index in [1.165, 1.54) is 32.7 Å². The van der Waals surface area contributed by atoms with Crippen molar-refractivity contribution in [2.45, 2.75) is 0 Å². The van der Waals surface area contributed by atoms with E-state index < -0.39 is 0 Å². The third-order valence-electron chi connectivity index (χ3n) is 12.0. The van der Waals surface area contributed by atoms with Crippen molar-refractivity contribution >= 4 is 71.7 Å². The van der Waals surface area contributed by atoms with Gasteiger partial charge in [0.15, 0.2) is 0 Å². The third-order valence-corrected chi connectivity index (χ3v) is 12.0. The topological polar surface area (TPSA) is 38.9 Å². The van der Waals surface area contributed by atoms with E-state index >= 15 is 0 Å². The van der Waals surface area contributed by atoms with Crippen molar-refractivity contribution in [3.63, 3.8) is 0 Å². The van der Waals surface area contributed by atoms with Gasteiger partial charge in [0, 0.05) is 62.3 Å². The fourth-order valence-electron chi connectivity index (χ4n) is 9.12. The summed E-state index contributed by atoms with van der Waals surface area (Å²) >= 11 is 0. The molecule has 0 bridgehead atoms. The number of para-hydroxylation sites is 2. The molecule has 12 rings (SSSR count). The van der Waals surface area contributed by atoms with Gasteiger partial charge in [0.05, 0.1) is 22.1 Å². The maximum absolute atomic E-state index is 5.07. The molecule has 12 aromatic rings. The van der Waals surface area contributed by atoms with Crippen LogP contribution >= 0.6 is 0 Å². The summed E-state index contributed by atoms with van der Waals surface area (Å²) in [6.45, 7) is 0. The molecule has 3 heterocycles. The van der Waals surface area contributed by atoms with E-state index in [-0.39, 0.29) is 0 Å². The van der Waals surface area contributed by atoms with Gasteiger partial charge in [-0.15, -0.1) is 0 Å². The van der Waals surface area contributed by atoms with Crippen LogP contribution in [-0.4, -0.2) is 19.1 Å². The zero-order valence-electron chi connectivity index (χ0n) is 33.1. The summed E-state index contributed by atoms with van der Waals surface area (Å²) in [6, 6.07) is 75.8. The number of rotatable bonds is 7. The number of benzene rings is 9. The predicted octanol–water partition coefficient (Wildman–Crippen LogP) is 14.6. The highest BCUT2D eigenvalue weighted by atomic mass is 15.3. The molecule has 0 aliphatic heterocycles. The van der Waals surface area contributed by atoms with Crippen molar-refractivity contribution in [1.29, 1.82) is 0 Å². The van der Waals surface area contributed by atoms with Crippen molar-refractivity contribution in [3.05, 3.63) is 225 Å². The average Bonchev–Trinajstić information content (AvgIpc) is 3.85. The molecule has 0 unspecified atom stereocenters. The number of anilines is 3. The standard InChI is InChI=1S/C56H37N5/c1-3-14-38(15-4-1)42-20-13-21-44(32-42)60-52-24-11-9-22-48(52)50-34-46(28-30-54(50)60)59(56-57-36-43(37-58-56)39-16-5-2-6-17-39)47-29-31-55-51(35-47)49-23-10-12-25-53(49)61(55)45-27-26-40-18-7-8-19-41(40)33-45/h1-37H. The van der Waals surface area contributed by atoms with E-state index in [9.17, 15) is 0 Å². The maximum Gasteiger partial charge on any atom is 0.234 e. The monoisotopic (exact) mass is 779 g/mol. The number of fused-ring (bicyclic) bond motifs is 7. The first-order chi connectivity index (χ1) is 30.2. The van der Waals surface area contributed by atoms with E-state index in [0.29, 0.717) is 5.95 Å². The van der Waals surface area contributed by atoms with Crippen LogP contribution in [0, 0.1) is 0 Å². The molecule has 0 atom stereocenters. The second-order valence-corrected chi connectivity index (χ2v) is 15.5. The van der Waals surface area contributed by atoms with Gasteiger partial charge >= 0.3 is 0 Å². The molecular weight excluding hydrogens is 743 g/mol. The lowest BCUT2D eigenvalue weighted by Crippen LogP contribution is -2.13. The maximum atomic E-state index is 5.07. The van der Waals surface area contributed by atoms with Gasteiger partial charge in [-0.25, -0.2) is 9.97 Å². The zero-order chi connectivity index (χ0) is 40.3. The van der Waals surface area contributed by atoms with Crippen LogP contribution in [0.2, 0.25) is 0 Å². The van der Waals surface area contributed by atoms with E-state index in [0.717, 1.165) is 66.7 Å². The van der Waals surface area contributed by atoms with Gasteiger partial charge in [-0.2, -0.15) is 0 Å². The molecule has 9 aromatic carbocycles. The second kappa shape index (κ2) is 14.2. The lowest BCUT2D eigenvalue weighted by atomic mass is 10.1. The third kappa shape index (κ3) is 5.86. The summed E-state index contributed by atoms with van der Waals surface area (Å²) in [4.78, 5) is 12.3. The molecular formula is C56H37N5. The summed E-state index contributed by atoms with van der Waals surface area (Å²) in [5.74, 6) is 0.593. The highest BCUT2D eigenvalue weighted by molar-refractivity contribution is 6.12. The summed E-state index contributed by atoms with van der Waals surface area (Å²) in [6.07, 6.45) is 3.86. The summed E-state index contributed by atoms with van der Waals surface area (Å²) in [7, 11) is 0. The molecule has 0 N–H and O–H groups in total. The minimum atomic E-state index is 0.593. The molecule has 0 saturated carbocycles. The number of aromatic nitrogens is 4. The number of hydrogen-bond acceptors (Lipinski definition) is 3. The van der Waals surface area contributed by atoms with Gasteiger partial charge in [0.1, 0.15) is 0 Å². The molecule has 0 radical (unpaired) electrons. The van der Waals surface area contributed by atoms with E-state index in [1.54, 1.807) is 0 Å². The molecule has 0 aliphatic carbocycles. The highest BCUT2D eigenvalue weighted by Gasteiger charge is 2.21. The molecule has 3 aromatic heterocycles. The van der Waals surface area contributed by atoms with E-state index in [4.69, 9.17) is 9.97 Å². The molecule has 5 nitrogen and oxygen atoms in total. The van der Waals surface area contributed by atoms with Crippen molar-refractivity contribution < 1.29 is 0 Å². The lowest BCUT2D eigenvalue weighted by molar-refractivity contribution is 1.08. The van der Waals surface area contributed by atoms with Crippen molar-refractivity contribution in [3.8, 4) is 33.6 Å². The Labute approximate surface area is 352 Å². The number of hydrogen-bond donors (Lipinski definition) is 0. The fourth-order valence-corrected chi connectivity index (χ4v) is 9.12. The zero-order valence-corrected chi connectivity index (χ0v) is 33.1. The van der Waals surface area contributed by atoms with Crippen molar-refractivity contribution in [1.82, 2.24) is 19.1 Å². The summed E-state index contributed by atoms with van der Waals surface area (Å²) < 4.78 is 4.76. The smallest absolute Gasteiger partial charge is 0.234 e. The first kappa shape index (κ1) is 34.7. The Balaban J connectivity index is 1.05. The van der Waals surface area contributed by atoms with E-state index in [1.807, 2.05) is 30.6 Å².